The van der Waals surface area contributed by atoms with Crippen LogP contribution in [0.1, 0.15) is 25.0 Å². The van der Waals surface area contributed by atoms with Gasteiger partial charge in [0.25, 0.3) is 0 Å². The molecule has 8 aromatic rings. The van der Waals surface area contributed by atoms with E-state index in [-0.39, 0.29) is 5.41 Å². The highest BCUT2D eigenvalue weighted by atomic mass is 15.1. The molecule has 9 rings (SSSR count). The van der Waals surface area contributed by atoms with E-state index in [1.807, 2.05) is 0 Å². The molecule has 8 aromatic carbocycles. The summed E-state index contributed by atoms with van der Waals surface area (Å²) in [5, 5.41) is 0. The number of hydrogen-bond acceptors (Lipinski definition) is 1. The van der Waals surface area contributed by atoms with Crippen molar-refractivity contribution in [1.29, 1.82) is 0 Å². The first-order chi connectivity index (χ1) is 25.6. The minimum atomic E-state index is -0.153. The summed E-state index contributed by atoms with van der Waals surface area (Å²) < 4.78 is 0. The number of para-hydroxylation sites is 2. The molecule has 0 spiro atoms. The van der Waals surface area contributed by atoms with Crippen LogP contribution in [-0.2, 0) is 5.41 Å². The Bertz CT molecular complexity index is 2530. The van der Waals surface area contributed by atoms with Crippen molar-refractivity contribution in [1.82, 2.24) is 0 Å². The molecule has 52 heavy (non-hydrogen) atoms. The zero-order valence-electron chi connectivity index (χ0n) is 29.5. The topological polar surface area (TPSA) is 3.24 Å². The molecule has 1 aliphatic rings. The van der Waals surface area contributed by atoms with Gasteiger partial charge in [0.1, 0.15) is 0 Å². The van der Waals surface area contributed by atoms with Crippen molar-refractivity contribution in [2.24, 2.45) is 0 Å². The van der Waals surface area contributed by atoms with Crippen LogP contribution in [-0.4, -0.2) is 0 Å². The van der Waals surface area contributed by atoms with Crippen molar-refractivity contribution in [3.05, 3.63) is 211 Å². The van der Waals surface area contributed by atoms with Crippen LogP contribution in [0.15, 0.2) is 200 Å². The maximum Gasteiger partial charge on any atom is 0.0546 e. The molecule has 0 saturated carbocycles. The van der Waals surface area contributed by atoms with Gasteiger partial charge in [0.05, 0.1) is 11.4 Å². The summed E-state index contributed by atoms with van der Waals surface area (Å²) in [6.45, 7) is 4.75. The van der Waals surface area contributed by atoms with Gasteiger partial charge in [-0.1, -0.05) is 190 Å². The molecule has 0 fully saturated rings. The molecule has 0 amide bonds. The van der Waals surface area contributed by atoms with Crippen LogP contribution in [0.25, 0.3) is 55.6 Å². The summed E-state index contributed by atoms with van der Waals surface area (Å²) in [6, 6.07) is 72.8. The van der Waals surface area contributed by atoms with Crippen LogP contribution in [0.3, 0.4) is 0 Å². The summed E-state index contributed by atoms with van der Waals surface area (Å²) in [5.74, 6) is 0. The van der Waals surface area contributed by atoms with Crippen molar-refractivity contribution < 1.29 is 0 Å². The van der Waals surface area contributed by atoms with Crippen molar-refractivity contribution >= 4 is 17.1 Å². The molecule has 0 aliphatic heterocycles. The van der Waals surface area contributed by atoms with Gasteiger partial charge in [-0.25, -0.2) is 0 Å². The Morgan fingerprint density at radius 1 is 0.327 bits per heavy atom. The van der Waals surface area contributed by atoms with E-state index in [9.17, 15) is 0 Å². The minimum Gasteiger partial charge on any atom is -0.309 e. The van der Waals surface area contributed by atoms with Gasteiger partial charge in [-0.2, -0.15) is 0 Å². The molecule has 0 saturated heterocycles. The van der Waals surface area contributed by atoms with Gasteiger partial charge in [0.15, 0.2) is 0 Å². The molecule has 0 radical (unpaired) electrons. The Kier molecular flexibility index (Phi) is 7.90. The number of hydrogen-bond donors (Lipinski definition) is 0. The average molecular weight is 666 g/mol. The minimum absolute atomic E-state index is 0.153. The lowest BCUT2D eigenvalue weighted by molar-refractivity contribution is 0.662. The van der Waals surface area contributed by atoms with E-state index < -0.39 is 0 Å². The Morgan fingerprint density at radius 3 is 1.46 bits per heavy atom. The van der Waals surface area contributed by atoms with Gasteiger partial charge < -0.3 is 4.90 Å². The molecule has 0 N–H and O–H groups in total. The lowest BCUT2D eigenvalue weighted by Gasteiger charge is -2.32. The second-order valence-corrected chi connectivity index (χ2v) is 14.1. The van der Waals surface area contributed by atoms with E-state index in [0.717, 1.165) is 17.1 Å². The lowest BCUT2D eigenvalue weighted by atomic mass is 9.78. The molecule has 0 heterocycles. The van der Waals surface area contributed by atoms with Gasteiger partial charge in [0.2, 0.25) is 0 Å². The second kappa shape index (κ2) is 13.0. The van der Waals surface area contributed by atoms with E-state index in [0.29, 0.717) is 0 Å². The van der Waals surface area contributed by atoms with E-state index in [1.165, 1.54) is 66.8 Å². The molecule has 0 atom stereocenters. The standard InChI is InChI=1S/C51H39N/c1-51(2)46-33-16-14-27-41(46)44-31-18-32-45(50(44)51)42-28-15-17-34-47(42)52(38-24-10-5-11-25-38)48-35-19-30-40(37-22-8-4-9-23-37)49(48)43-29-13-12-26-39(43)36-20-6-3-7-21-36/h3-35H,1-2H3. The Balaban J connectivity index is 1.35. The molecule has 0 bridgehead atoms. The fraction of sp³-hybridized carbons (Fsp3) is 0.0588. The molecule has 1 aliphatic carbocycles. The fourth-order valence-electron chi connectivity index (χ4n) is 8.39. The molecule has 0 unspecified atom stereocenters. The zero-order valence-corrected chi connectivity index (χ0v) is 29.5. The Morgan fingerprint density at radius 2 is 0.769 bits per heavy atom. The number of fused-ring (bicyclic) bond motifs is 3. The molecule has 1 nitrogen and oxygen atoms in total. The summed E-state index contributed by atoms with van der Waals surface area (Å²) in [4.78, 5) is 2.48. The van der Waals surface area contributed by atoms with E-state index in [4.69, 9.17) is 0 Å². The molecular formula is C51H39N. The van der Waals surface area contributed by atoms with Crippen molar-refractivity contribution in [3.63, 3.8) is 0 Å². The molecule has 0 aromatic heterocycles. The number of anilines is 3. The third-order valence-corrected chi connectivity index (χ3v) is 10.7. The summed E-state index contributed by atoms with van der Waals surface area (Å²) in [5.41, 5.74) is 18.3. The third kappa shape index (κ3) is 5.25. The van der Waals surface area contributed by atoms with E-state index in [1.54, 1.807) is 0 Å². The summed E-state index contributed by atoms with van der Waals surface area (Å²) >= 11 is 0. The van der Waals surface area contributed by atoms with Crippen molar-refractivity contribution in [2.75, 3.05) is 4.90 Å². The molecule has 1 heteroatoms. The smallest absolute Gasteiger partial charge is 0.0546 e. The molecular weight excluding hydrogens is 627 g/mol. The SMILES string of the molecule is CC1(C)c2ccccc2-c2cccc(-c3ccccc3N(c3ccccc3)c3cccc(-c4ccccc4)c3-c3ccccc3-c3ccccc3)c21. The van der Waals surface area contributed by atoms with E-state index >= 15 is 0 Å². The highest BCUT2D eigenvalue weighted by Gasteiger charge is 2.38. The zero-order chi connectivity index (χ0) is 35.1. The van der Waals surface area contributed by atoms with E-state index in [2.05, 4.69) is 219 Å². The van der Waals surface area contributed by atoms with Gasteiger partial charge in [-0.3, -0.25) is 0 Å². The monoisotopic (exact) mass is 665 g/mol. The van der Waals surface area contributed by atoms with Crippen LogP contribution >= 0.6 is 0 Å². The van der Waals surface area contributed by atoms with Gasteiger partial charge >= 0.3 is 0 Å². The van der Waals surface area contributed by atoms with Gasteiger partial charge in [0, 0.05) is 22.2 Å². The van der Waals surface area contributed by atoms with Crippen LogP contribution in [0.2, 0.25) is 0 Å². The first kappa shape index (κ1) is 31.5. The van der Waals surface area contributed by atoms with Crippen molar-refractivity contribution in [3.8, 4) is 55.6 Å². The van der Waals surface area contributed by atoms with Crippen LogP contribution in [0.5, 0.6) is 0 Å². The highest BCUT2D eigenvalue weighted by molar-refractivity contribution is 6.03. The summed E-state index contributed by atoms with van der Waals surface area (Å²) in [6.07, 6.45) is 0. The normalized spacial score (nSPS) is 12.6. The second-order valence-electron chi connectivity index (χ2n) is 14.1. The lowest BCUT2D eigenvalue weighted by Crippen LogP contribution is -2.17. The van der Waals surface area contributed by atoms with Crippen LogP contribution < -0.4 is 4.90 Å². The van der Waals surface area contributed by atoms with Crippen LogP contribution in [0, 0.1) is 0 Å². The maximum atomic E-state index is 2.48. The number of rotatable bonds is 7. The fourth-order valence-corrected chi connectivity index (χ4v) is 8.39. The third-order valence-electron chi connectivity index (χ3n) is 10.7. The first-order valence-corrected chi connectivity index (χ1v) is 18.1. The number of nitrogens with zero attached hydrogens (tertiary/aromatic N) is 1. The predicted octanol–water partition coefficient (Wildman–Crippen LogP) is 14.1. The Hall–Kier alpha value is -6.44. The Labute approximate surface area is 307 Å². The first-order valence-electron chi connectivity index (χ1n) is 18.1. The average Bonchev–Trinajstić information content (AvgIpc) is 3.45. The van der Waals surface area contributed by atoms with Crippen LogP contribution in [0.4, 0.5) is 17.1 Å². The van der Waals surface area contributed by atoms with Gasteiger partial charge in [-0.05, 0) is 79.9 Å². The molecule has 248 valence electrons. The largest absolute Gasteiger partial charge is 0.309 e. The highest BCUT2D eigenvalue weighted by Crippen LogP contribution is 2.55. The van der Waals surface area contributed by atoms with Crippen molar-refractivity contribution in [2.45, 2.75) is 19.3 Å². The predicted molar refractivity (Wildman–Crippen MR) is 220 cm³/mol. The summed E-state index contributed by atoms with van der Waals surface area (Å²) in [7, 11) is 0. The maximum absolute atomic E-state index is 2.48. The van der Waals surface area contributed by atoms with Gasteiger partial charge in [-0.15, -0.1) is 0 Å². The quantitative estimate of drug-likeness (QED) is 0.164. The number of benzene rings is 8.